The number of hydrogen-bond donors (Lipinski definition) is 1. The summed E-state index contributed by atoms with van der Waals surface area (Å²) in [6, 6.07) is 3.69. The van der Waals surface area contributed by atoms with E-state index < -0.39 is 30.3 Å². The molecule has 0 aliphatic carbocycles. The normalized spacial score (nSPS) is 14.8. The van der Waals surface area contributed by atoms with Crippen molar-refractivity contribution in [3.05, 3.63) is 28.2 Å². The molecule has 0 bridgehead atoms. The highest BCUT2D eigenvalue weighted by Gasteiger charge is 2.45. The van der Waals surface area contributed by atoms with Gasteiger partial charge in [0.1, 0.15) is 6.54 Å². The van der Waals surface area contributed by atoms with Gasteiger partial charge in [-0.25, -0.2) is 9.69 Å². The number of urea groups is 1. The van der Waals surface area contributed by atoms with Gasteiger partial charge in [-0.3, -0.25) is 19.3 Å². The van der Waals surface area contributed by atoms with Crippen molar-refractivity contribution < 1.29 is 19.2 Å². The van der Waals surface area contributed by atoms with Crippen LogP contribution in [0.3, 0.4) is 0 Å². The van der Waals surface area contributed by atoms with Crippen LogP contribution in [0.15, 0.2) is 18.2 Å². The van der Waals surface area contributed by atoms with E-state index in [0.717, 1.165) is 4.90 Å². The molecular weight excluding hydrogens is 357 g/mol. The zero-order valence-corrected chi connectivity index (χ0v) is 14.5. The molecule has 2 rings (SSSR count). The average molecular weight is 372 g/mol. The molecule has 0 saturated carbocycles. The van der Waals surface area contributed by atoms with E-state index in [-0.39, 0.29) is 23.2 Å². The van der Waals surface area contributed by atoms with Gasteiger partial charge in [-0.2, -0.15) is 0 Å². The van der Waals surface area contributed by atoms with Crippen molar-refractivity contribution in [2.24, 2.45) is 5.92 Å². The number of imide groups is 2. The molecule has 1 aromatic carbocycles. The maximum absolute atomic E-state index is 12.2. The number of nitrogens with zero attached hydrogens (tertiary/aromatic N) is 2. The van der Waals surface area contributed by atoms with E-state index in [2.05, 4.69) is 5.32 Å². The second-order valence-electron chi connectivity index (χ2n) is 5.66. The van der Waals surface area contributed by atoms with Crippen molar-refractivity contribution in [3.8, 4) is 0 Å². The van der Waals surface area contributed by atoms with Gasteiger partial charge >= 0.3 is 17.8 Å². The molecule has 1 aromatic rings. The van der Waals surface area contributed by atoms with Crippen LogP contribution >= 0.6 is 23.2 Å². The maximum atomic E-state index is 12.2. The first kappa shape index (κ1) is 18.2. The zero-order valence-electron chi connectivity index (χ0n) is 13.0. The summed E-state index contributed by atoms with van der Waals surface area (Å²) in [6.45, 7) is 3.14. The summed E-state index contributed by atoms with van der Waals surface area (Å²) in [4.78, 5) is 49.4. The van der Waals surface area contributed by atoms with E-state index in [1.807, 2.05) is 13.8 Å². The van der Waals surface area contributed by atoms with Gasteiger partial charge in [0, 0.05) is 11.6 Å². The summed E-state index contributed by atoms with van der Waals surface area (Å²) < 4.78 is 0. The molecule has 0 unspecified atom stereocenters. The van der Waals surface area contributed by atoms with Crippen LogP contribution in [0.25, 0.3) is 0 Å². The smallest absolute Gasteiger partial charge is 0.323 e. The van der Waals surface area contributed by atoms with E-state index in [4.69, 9.17) is 23.2 Å². The summed E-state index contributed by atoms with van der Waals surface area (Å²) in [5, 5.41) is 3.07. The third-order valence-electron chi connectivity index (χ3n) is 3.19. The molecule has 9 heteroatoms. The van der Waals surface area contributed by atoms with Crippen molar-refractivity contribution in [1.82, 2.24) is 9.80 Å². The molecule has 0 spiro atoms. The van der Waals surface area contributed by atoms with Gasteiger partial charge in [0.15, 0.2) is 0 Å². The number of hydrogen-bond acceptors (Lipinski definition) is 4. The molecule has 128 valence electrons. The first-order valence-electron chi connectivity index (χ1n) is 7.13. The number of halogens is 2. The van der Waals surface area contributed by atoms with Gasteiger partial charge in [0.2, 0.25) is 5.91 Å². The Hall–Kier alpha value is -2.12. The summed E-state index contributed by atoms with van der Waals surface area (Å²) in [5.41, 5.74) is 0.249. The Morgan fingerprint density at radius 2 is 1.75 bits per heavy atom. The molecule has 1 N–H and O–H groups in total. The molecule has 1 saturated heterocycles. The highest BCUT2D eigenvalue weighted by atomic mass is 35.5. The molecule has 1 aliphatic heterocycles. The number of carbonyl (C=O) groups is 4. The van der Waals surface area contributed by atoms with E-state index >= 15 is 0 Å². The third kappa shape index (κ3) is 3.85. The van der Waals surface area contributed by atoms with Gasteiger partial charge in [-0.15, -0.1) is 0 Å². The van der Waals surface area contributed by atoms with Crippen LogP contribution < -0.4 is 5.32 Å². The number of benzene rings is 1. The van der Waals surface area contributed by atoms with Gasteiger partial charge in [-0.1, -0.05) is 37.0 Å². The molecule has 5 amide bonds. The molecule has 7 nitrogen and oxygen atoms in total. The van der Waals surface area contributed by atoms with Gasteiger partial charge in [0.05, 0.1) is 10.7 Å². The minimum atomic E-state index is -1.02. The number of nitrogens with one attached hydrogen (secondary N) is 1. The lowest BCUT2D eigenvalue weighted by atomic mass is 10.2. The fraction of sp³-hybridized carbons (Fsp3) is 0.333. The SMILES string of the molecule is CC(C)CN1C(=O)C(=O)N(CC(=O)Nc2cc(Cl)ccc2Cl)C1=O. The fourth-order valence-electron chi connectivity index (χ4n) is 2.14. The van der Waals surface area contributed by atoms with Crippen molar-refractivity contribution >= 4 is 52.6 Å². The lowest BCUT2D eigenvalue weighted by Gasteiger charge is -2.17. The van der Waals surface area contributed by atoms with Crippen LogP contribution in [0.1, 0.15) is 13.8 Å². The molecule has 0 aromatic heterocycles. The highest BCUT2D eigenvalue weighted by Crippen LogP contribution is 2.25. The minimum Gasteiger partial charge on any atom is -0.323 e. The topological polar surface area (TPSA) is 86.8 Å². The number of carbonyl (C=O) groups excluding carboxylic acids is 4. The lowest BCUT2D eigenvalue weighted by Crippen LogP contribution is -2.39. The number of anilines is 1. The van der Waals surface area contributed by atoms with Gasteiger partial charge in [-0.05, 0) is 24.1 Å². The predicted molar refractivity (Wildman–Crippen MR) is 88.8 cm³/mol. The second-order valence-corrected chi connectivity index (χ2v) is 6.50. The van der Waals surface area contributed by atoms with E-state index in [1.165, 1.54) is 12.1 Å². The summed E-state index contributed by atoms with van der Waals surface area (Å²) in [6.07, 6.45) is 0. The van der Waals surface area contributed by atoms with Crippen molar-refractivity contribution in [2.45, 2.75) is 13.8 Å². The van der Waals surface area contributed by atoms with Crippen LogP contribution in [-0.4, -0.2) is 46.6 Å². The Balaban J connectivity index is 2.08. The molecule has 1 aliphatic rings. The molecule has 0 atom stereocenters. The van der Waals surface area contributed by atoms with Crippen LogP contribution in [0.4, 0.5) is 10.5 Å². The summed E-state index contributed by atoms with van der Waals surface area (Å²) >= 11 is 11.8. The second kappa shape index (κ2) is 7.19. The minimum absolute atomic E-state index is 0.00439. The largest absolute Gasteiger partial charge is 0.334 e. The highest BCUT2D eigenvalue weighted by molar-refractivity contribution is 6.45. The fourth-order valence-corrected chi connectivity index (χ4v) is 2.48. The monoisotopic (exact) mass is 371 g/mol. The average Bonchev–Trinajstić information content (AvgIpc) is 2.68. The standard InChI is InChI=1S/C15H15Cl2N3O4/c1-8(2)6-19-13(22)14(23)20(15(19)24)7-12(21)18-11-5-9(16)3-4-10(11)17/h3-5,8H,6-7H2,1-2H3,(H,18,21). The van der Waals surface area contributed by atoms with Crippen LogP contribution in [0.5, 0.6) is 0 Å². The molecule has 1 fully saturated rings. The van der Waals surface area contributed by atoms with Crippen LogP contribution in [-0.2, 0) is 14.4 Å². The molecule has 0 radical (unpaired) electrons. The van der Waals surface area contributed by atoms with E-state index in [1.54, 1.807) is 6.07 Å². The summed E-state index contributed by atoms with van der Waals surface area (Å²) in [7, 11) is 0. The molecular formula is C15H15Cl2N3O4. The van der Waals surface area contributed by atoms with Crippen molar-refractivity contribution in [1.29, 1.82) is 0 Å². The molecule has 24 heavy (non-hydrogen) atoms. The Morgan fingerprint density at radius 1 is 1.12 bits per heavy atom. The Labute approximate surface area is 148 Å². The number of amides is 5. The van der Waals surface area contributed by atoms with Crippen LogP contribution in [0, 0.1) is 5.92 Å². The van der Waals surface area contributed by atoms with Crippen LogP contribution in [0.2, 0.25) is 10.0 Å². The number of rotatable bonds is 5. The third-order valence-corrected chi connectivity index (χ3v) is 3.75. The van der Waals surface area contributed by atoms with Crippen molar-refractivity contribution in [3.63, 3.8) is 0 Å². The Morgan fingerprint density at radius 3 is 2.38 bits per heavy atom. The first-order valence-corrected chi connectivity index (χ1v) is 7.88. The Bertz CT molecular complexity index is 721. The first-order chi connectivity index (χ1) is 11.2. The van der Waals surface area contributed by atoms with E-state index in [9.17, 15) is 19.2 Å². The van der Waals surface area contributed by atoms with Gasteiger partial charge in [0.25, 0.3) is 0 Å². The zero-order chi connectivity index (χ0) is 18.0. The quantitative estimate of drug-likeness (QED) is 0.635. The lowest BCUT2D eigenvalue weighted by molar-refractivity contribution is -0.143. The maximum Gasteiger partial charge on any atom is 0.334 e. The predicted octanol–water partition coefficient (Wildman–Crippen LogP) is 2.38. The van der Waals surface area contributed by atoms with Crippen molar-refractivity contribution in [2.75, 3.05) is 18.4 Å². The Kier molecular flexibility index (Phi) is 5.46. The van der Waals surface area contributed by atoms with Gasteiger partial charge < -0.3 is 5.32 Å². The summed E-state index contributed by atoms with van der Waals surface area (Å²) in [5.74, 6) is -2.61. The molecule has 1 heterocycles. The van der Waals surface area contributed by atoms with E-state index in [0.29, 0.717) is 9.92 Å².